The number of ether oxygens (including phenoxy) is 2. The van der Waals surface area contributed by atoms with Gasteiger partial charge in [0.2, 0.25) is 5.91 Å². The molecule has 94 valence electrons. The van der Waals surface area contributed by atoms with Crippen molar-refractivity contribution in [2.75, 3.05) is 20.3 Å². The number of rotatable bonds is 3. The lowest BCUT2D eigenvalue weighted by molar-refractivity contribution is -0.136. The number of amides is 2. The maximum atomic E-state index is 12.4. The Morgan fingerprint density at radius 2 is 2.24 bits per heavy atom. The summed E-state index contributed by atoms with van der Waals surface area (Å²) in [5.74, 6) is -0.271. The SMILES string of the molecule is C=C[C@@]1(COC)C(=O)N2C(=O)OC[C@@H]2C1(C)C. The van der Waals surface area contributed by atoms with Crippen LogP contribution >= 0.6 is 0 Å². The van der Waals surface area contributed by atoms with Crippen LogP contribution in [0.3, 0.4) is 0 Å². The molecule has 2 amide bonds. The molecule has 5 nitrogen and oxygen atoms in total. The number of carbonyl (C=O) groups is 2. The Bertz CT molecular complexity index is 390. The molecule has 2 aliphatic heterocycles. The molecule has 17 heavy (non-hydrogen) atoms. The zero-order chi connectivity index (χ0) is 12.8. The Labute approximate surface area is 100 Å². The average molecular weight is 239 g/mol. The van der Waals surface area contributed by atoms with E-state index < -0.39 is 16.9 Å². The first kappa shape index (κ1) is 12.1. The van der Waals surface area contributed by atoms with Gasteiger partial charge in [0.15, 0.2) is 0 Å². The summed E-state index contributed by atoms with van der Waals surface area (Å²) in [4.78, 5) is 25.2. The Kier molecular flexibility index (Phi) is 2.54. The number of imide groups is 1. The smallest absolute Gasteiger partial charge is 0.417 e. The zero-order valence-electron chi connectivity index (χ0n) is 10.4. The highest BCUT2D eigenvalue weighted by Crippen LogP contribution is 2.53. The summed E-state index contributed by atoms with van der Waals surface area (Å²) < 4.78 is 10.1. The van der Waals surface area contributed by atoms with Crippen LogP contribution in [0.5, 0.6) is 0 Å². The van der Waals surface area contributed by atoms with Gasteiger partial charge in [-0.3, -0.25) is 4.79 Å². The van der Waals surface area contributed by atoms with Gasteiger partial charge in [-0.15, -0.1) is 6.58 Å². The van der Waals surface area contributed by atoms with Gasteiger partial charge in [-0.05, 0) is 0 Å². The van der Waals surface area contributed by atoms with Crippen LogP contribution in [-0.4, -0.2) is 43.3 Å². The fraction of sp³-hybridized carbons (Fsp3) is 0.667. The highest BCUT2D eigenvalue weighted by molar-refractivity contribution is 6.01. The molecule has 0 bridgehead atoms. The summed E-state index contributed by atoms with van der Waals surface area (Å²) in [5, 5.41) is 0. The van der Waals surface area contributed by atoms with Crippen LogP contribution in [0.4, 0.5) is 4.79 Å². The minimum atomic E-state index is -0.855. The molecule has 2 rings (SSSR count). The van der Waals surface area contributed by atoms with Crippen LogP contribution in [0.1, 0.15) is 13.8 Å². The third-order valence-electron chi connectivity index (χ3n) is 4.18. The van der Waals surface area contributed by atoms with E-state index in [2.05, 4.69) is 6.58 Å². The fourth-order valence-electron chi connectivity index (χ4n) is 2.85. The third kappa shape index (κ3) is 1.23. The van der Waals surface area contributed by atoms with E-state index in [4.69, 9.17) is 9.47 Å². The largest absolute Gasteiger partial charge is 0.447 e. The van der Waals surface area contributed by atoms with E-state index in [0.717, 1.165) is 0 Å². The van der Waals surface area contributed by atoms with Crippen molar-refractivity contribution in [3.8, 4) is 0 Å². The topological polar surface area (TPSA) is 55.8 Å². The molecule has 0 radical (unpaired) electrons. The van der Waals surface area contributed by atoms with E-state index in [1.165, 1.54) is 12.0 Å². The number of fused-ring (bicyclic) bond motifs is 1. The Balaban J connectivity index is 2.51. The minimum absolute atomic E-state index is 0.225. The van der Waals surface area contributed by atoms with Crippen molar-refractivity contribution in [3.63, 3.8) is 0 Å². The van der Waals surface area contributed by atoms with Crippen molar-refractivity contribution in [2.24, 2.45) is 10.8 Å². The van der Waals surface area contributed by atoms with E-state index in [1.807, 2.05) is 13.8 Å². The molecular formula is C12H17NO4. The first-order chi connectivity index (χ1) is 7.92. The quantitative estimate of drug-likeness (QED) is 0.694. The van der Waals surface area contributed by atoms with E-state index in [-0.39, 0.29) is 25.2 Å². The monoisotopic (exact) mass is 239 g/mol. The van der Waals surface area contributed by atoms with Crippen molar-refractivity contribution in [2.45, 2.75) is 19.9 Å². The van der Waals surface area contributed by atoms with Crippen molar-refractivity contribution in [1.29, 1.82) is 0 Å². The molecule has 2 aliphatic rings. The van der Waals surface area contributed by atoms with Gasteiger partial charge in [-0.25, -0.2) is 9.69 Å². The summed E-state index contributed by atoms with van der Waals surface area (Å²) in [6.45, 7) is 8.11. The fourth-order valence-corrected chi connectivity index (χ4v) is 2.85. The highest BCUT2D eigenvalue weighted by atomic mass is 16.6. The van der Waals surface area contributed by atoms with Crippen LogP contribution in [0, 0.1) is 10.8 Å². The van der Waals surface area contributed by atoms with Gasteiger partial charge in [0.1, 0.15) is 6.61 Å². The Hall–Kier alpha value is -1.36. The van der Waals surface area contributed by atoms with E-state index in [9.17, 15) is 9.59 Å². The van der Waals surface area contributed by atoms with Crippen LogP contribution in [0.2, 0.25) is 0 Å². The molecule has 0 saturated carbocycles. The first-order valence-electron chi connectivity index (χ1n) is 5.55. The lowest BCUT2D eigenvalue weighted by Crippen LogP contribution is -2.45. The normalized spacial score (nSPS) is 34.8. The van der Waals surface area contributed by atoms with Crippen LogP contribution in [-0.2, 0) is 14.3 Å². The van der Waals surface area contributed by atoms with Crippen molar-refractivity contribution in [3.05, 3.63) is 12.7 Å². The van der Waals surface area contributed by atoms with Crippen molar-refractivity contribution >= 4 is 12.0 Å². The summed E-state index contributed by atoms with van der Waals surface area (Å²) in [6.07, 6.45) is 1.04. The second-order valence-corrected chi connectivity index (χ2v) is 5.10. The highest BCUT2D eigenvalue weighted by Gasteiger charge is 2.67. The first-order valence-corrected chi connectivity index (χ1v) is 5.55. The average Bonchev–Trinajstić information content (AvgIpc) is 2.73. The maximum Gasteiger partial charge on any atom is 0.417 e. The molecule has 2 fully saturated rings. The lowest BCUT2D eigenvalue weighted by atomic mass is 9.65. The van der Waals surface area contributed by atoms with Crippen molar-refractivity contribution in [1.82, 2.24) is 4.90 Å². The molecule has 2 atom stereocenters. The molecule has 0 aromatic rings. The standard InChI is InChI=1S/C12H17NO4/c1-5-12(7-16-4)9(14)13-8(11(12,2)3)6-17-10(13)15/h5,8H,1,6-7H2,2-4H3/t8-,12-/m1/s1. The number of carbonyl (C=O) groups excluding carboxylic acids is 2. The predicted molar refractivity (Wildman–Crippen MR) is 60.3 cm³/mol. The van der Waals surface area contributed by atoms with Gasteiger partial charge in [-0.2, -0.15) is 0 Å². The Morgan fingerprint density at radius 3 is 2.71 bits per heavy atom. The van der Waals surface area contributed by atoms with Gasteiger partial charge in [0.05, 0.1) is 18.1 Å². The molecule has 0 aliphatic carbocycles. The van der Waals surface area contributed by atoms with Gasteiger partial charge in [0.25, 0.3) is 0 Å². The van der Waals surface area contributed by atoms with E-state index >= 15 is 0 Å². The summed E-state index contributed by atoms with van der Waals surface area (Å²) in [5.41, 5.74) is -1.31. The molecule has 5 heteroatoms. The van der Waals surface area contributed by atoms with Gasteiger partial charge in [-0.1, -0.05) is 19.9 Å². The van der Waals surface area contributed by atoms with Crippen LogP contribution in [0.15, 0.2) is 12.7 Å². The summed E-state index contributed by atoms with van der Waals surface area (Å²) in [7, 11) is 1.54. The second kappa shape index (κ2) is 3.57. The molecule has 0 aromatic carbocycles. The second-order valence-electron chi connectivity index (χ2n) is 5.10. The van der Waals surface area contributed by atoms with Gasteiger partial charge in [0, 0.05) is 12.5 Å². The molecule has 0 aromatic heterocycles. The summed E-state index contributed by atoms with van der Waals surface area (Å²) in [6, 6.07) is -0.240. The van der Waals surface area contributed by atoms with E-state index in [1.54, 1.807) is 6.08 Å². The number of hydrogen-bond acceptors (Lipinski definition) is 4. The number of nitrogens with zero attached hydrogens (tertiary/aromatic N) is 1. The maximum absolute atomic E-state index is 12.4. The van der Waals surface area contributed by atoms with Gasteiger partial charge >= 0.3 is 6.09 Å². The number of cyclic esters (lactones) is 1. The molecular weight excluding hydrogens is 222 g/mol. The lowest BCUT2D eigenvalue weighted by Gasteiger charge is -2.37. The molecule has 2 saturated heterocycles. The van der Waals surface area contributed by atoms with Gasteiger partial charge < -0.3 is 9.47 Å². The minimum Gasteiger partial charge on any atom is -0.447 e. The van der Waals surface area contributed by atoms with Crippen molar-refractivity contribution < 1.29 is 19.1 Å². The predicted octanol–water partition coefficient (Wildman–Crippen LogP) is 1.19. The summed E-state index contributed by atoms with van der Waals surface area (Å²) >= 11 is 0. The molecule has 0 N–H and O–H groups in total. The zero-order valence-corrected chi connectivity index (χ0v) is 10.4. The molecule has 2 heterocycles. The molecule has 0 spiro atoms. The molecule has 0 unspecified atom stereocenters. The third-order valence-corrected chi connectivity index (χ3v) is 4.18. The van der Waals surface area contributed by atoms with Crippen LogP contribution in [0.25, 0.3) is 0 Å². The number of methoxy groups -OCH3 is 1. The number of hydrogen-bond donors (Lipinski definition) is 0. The van der Waals surface area contributed by atoms with E-state index in [0.29, 0.717) is 0 Å². The van der Waals surface area contributed by atoms with Crippen LogP contribution < -0.4 is 0 Å². The Morgan fingerprint density at radius 1 is 1.59 bits per heavy atom.